The van der Waals surface area contributed by atoms with Crippen molar-refractivity contribution in [2.45, 2.75) is 49.8 Å². The lowest BCUT2D eigenvalue weighted by Gasteiger charge is -2.42. The molecule has 236 valence electrons. The monoisotopic (exact) mass is 645 g/mol. The number of benzene rings is 2. The molecule has 1 fully saturated rings. The molecule has 12 nitrogen and oxygen atoms in total. The fraction of sp³-hybridized carbons (Fsp3) is 0.444. The zero-order valence-electron chi connectivity index (χ0n) is 24.4. The molecule has 0 spiro atoms. The second kappa shape index (κ2) is 12.2. The van der Waals surface area contributed by atoms with Crippen molar-refractivity contribution in [1.82, 2.24) is 10.2 Å². The van der Waals surface area contributed by atoms with Gasteiger partial charge in [0.25, 0.3) is 10.0 Å². The van der Waals surface area contributed by atoms with E-state index in [0.29, 0.717) is 16.4 Å². The molecule has 2 aromatic carbocycles. The van der Waals surface area contributed by atoms with Crippen molar-refractivity contribution < 1.29 is 49.5 Å². The van der Waals surface area contributed by atoms with Gasteiger partial charge in [0, 0.05) is 20.6 Å². The van der Waals surface area contributed by atoms with Crippen molar-refractivity contribution in [3.05, 3.63) is 54.1 Å². The van der Waals surface area contributed by atoms with Crippen LogP contribution in [0.4, 0.5) is 19.3 Å². The van der Waals surface area contributed by atoms with E-state index in [2.05, 4.69) is 5.32 Å². The number of sulfonamides is 1. The molecular formula is C27H33F2N3O9S2. The second-order valence-electron chi connectivity index (χ2n) is 11.2. The number of Topliss-reactive ketones (excluding diaryl/α,β-unsaturated/α-hetero) is 1. The van der Waals surface area contributed by atoms with Crippen LogP contribution < -0.4 is 14.4 Å². The highest BCUT2D eigenvalue weighted by atomic mass is 32.2. The Labute approximate surface area is 248 Å². The lowest BCUT2D eigenvalue weighted by Crippen LogP contribution is -2.67. The highest BCUT2D eigenvalue weighted by molar-refractivity contribution is 7.93. The molecule has 16 heteroatoms. The quantitative estimate of drug-likeness (QED) is 0.334. The number of anilines is 1. The minimum atomic E-state index is -5.10. The summed E-state index contributed by atoms with van der Waals surface area (Å²) in [7, 11) is -5.99. The third kappa shape index (κ3) is 7.48. The highest BCUT2D eigenvalue weighted by Crippen LogP contribution is 2.36. The number of hydrogen-bond acceptors (Lipinski definition) is 10. The average Bonchev–Trinajstić information content (AvgIpc) is 2.88. The standard InChI is InChI=1S/C27H33F2N3O9S2/c1-26(2,3)41-24(34)27(4,23(33)22-16-42(36,37)14-13-30-22)32(43(38,39)19-11-12-20(28)21(29)15-19)17-7-9-18(10-8-17)40-25(35)31(5)6/h7-12,15,22,30H,13-14,16H2,1-6H3/t22?,27-/m1/s1. The lowest BCUT2D eigenvalue weighted by atomic mass is 9.90. The van der Waals surface area contributed by atoms with Gasteiger partial charge in [0.1, 0.15) is 11.4 Å². The van der Waals surface area contributed by atoms with Crippen LogP contribution in [0.3, 0.4) is 0 Å². The van der Waals surface area contributed by atoms with Crippen LogP contribution in [0.5, 0.6) is 5.75 Å². The molecule has 0 aromatic heterocycles. The number of carbonyl (C=O) groups excluding carboxylic acids is 3. The van der Waals surface area contributed by atoms with Gasteiger partial charge in [0.15, 0.2) is 27.3 Å². The Hall–Kier alpha value is -3.63. The third-order valence-corrected chi connectivity index (χ3v) is 9.87. The molecule has 0 aliphatic carbocycles. The van der Waals surface area contributed by atoms with Crippen LogP contribution in [0.1, 0.15) is 27.7 Å². The number of nitrogens with zero attached hydrogens (tertiary/aromatic N) is 2. The molecule has 1 unspecified atom stereocenters. The molecule has 1 saturated heterocycles. The Balaban J connectivity index is 2.31. The Kier molecular flexibility index (Phi) is 9.58. The molecule has 1 aliphatic heterocycles. The van der Waals surface area contributed by atoms with Gasteiger partial charge in [-0.3, -0.25) is 4.79 Å². The summed E-state index contributed by atoms with van der Waals surface area (Å²) in [6, 6.07) is 4.78. The van der Waals surface area contributed by atoms with Gasteiger partial charge in [-0.1, -0.05) is 0 Å². The van der Waals surface area contributed by atoms with E-state index < -0.39 is 77.2 Å². The molecule has 1 N–H and O–H groups in total. The van der Waals surface area contributed by atoms with Crippen molar-refractivity contribution in [3.63, 3.8) is 0 Å². The van der Waals surface area contributed by atoms with Crippen LogP contribution in [-0.4, -0.2) is 88.9 Å². The molecule has 0 bridgehead atoms. The minimum Gasteiger partial charge on any atom is -0.458 e. The molecule has 1 aliphatic rings. The summed E-state index contributed by atoms with van der Waals surface area (Å²) in [6.07, 6.45) is -0.752. The van der Waals surface area contributed by atoms with Crippen LogP contribution in [-0.2, 0) is 34.2 Å². The lowest BCUT2D eigenvalue weighted by molar-refractivity contribution is -0.163. The van der Waals surface area contributed by atoms with Crippen LogP contribution in [0, 0.1) is 11.6 Å². The van der Waals surface area contributed by atoms with E-state index in [1.807, 2.05) is 0 Å². The summed E-state index contributed by atoms with van der Waals surface area (Å²) >= 11 is 0. The fourth-order valence-corrected chi connectivity index (χ4v) is 7.30. The number of ether oxygens (including phenoxy) is 2. The minimum absolute atomic E-state index is 0.0297. The predicted octanol–water partition coefficient (Wildman–Crippen LogP) is 2.28. The van der Waals surface area contributed by atoms with Crippen molar-refractivity contribution in [1.29, 1.82) is 0 Å². The maximum absolute atomic E-state index is 14.3. The molecule has 2 atom stereocenters. The van der Waals surface area contributed by atoms with Crippen LogP contribution in [0.15, 0.2) is 47.4 Å². The summed E-state index contributed by atoms with van der Waals surface area (Å²) in [4.78, 5) is 40.4. The average molecular weight is 646 g/mol. The maximum Gasteiger partial charge on any atom is 0.414 e. The van der Waals surface area contributed by atoms with E-state index >= 15 is 0 Å². The number of ketones is 1. The van der Waals surface area contributed by atoms with E-state index in [1.54, 1.807) is 0 Å². The Morgan fingerprint density at radius 3 is 2.09 bits per heavy atom. The van der Waals surface area contributed by atoms with Gasteiger partial charge < -0.3 is 19.7 Å². The van der Waals surface area contributed by atoms with Crippen LogP contribution in [0.25, 0.3) is 0 Å². The van der Waals surface area contributed by atoms with Gasteiger partial charge in [-0.05, 0) is 70.2 Å². The largest absolute Gasteiger partial charge is 0.458 e. The third-order valence-electron chi connectivity index (χ3n) is 6.29. The number of nitrogens with one attached hydrogen (secondary N) is 1. The predicted molar refractivity (Wildman–Crippen MR) is 152 cm³/mol. The van der Waals surface area contributed by atoms with E-state index in [4.69, 9.17) is 9.47 Å². The summed E-state index contributed by atoms with van der Waals surface area (Å²) in [6.45, 7) is 5.22. The van der Waals surface area contributed by atoms with Crippen molar-refractivity contribution in [3.8, 4) is 5.75 Å². The van der Waals surface area contributed by atoms with Gasteiger partial charge in [-0.15, -0.1) is 0 Å². The molecule has 1 heterocycles. The van der Waals surface area contributed by atoms with E-state index in [0.717, 1.165) is 30.0 Å². The summed E-state index contributed by atoms with van der Waals surface area (Å²) in [5, 5.41) is 2.72. The first-order chi connectivity index (χ1) is 19.7. The topological polar surface area (TPSA) is 156 Å². The van der Waals surface area contributed by atoms with E-state index in [9.17, 15) is 40.0 Å². The van der Waals surface area contributed by atoms with Crippen molar-refractivity contribution in [2.24, 2.45) is 0 Å². The van der Waals surface area contributed by atoms with E-state index in [1.165, 1.54) is 47.0 Å². The zero-order chi connectivity index (χ0) is 32.5. The number of amides is 1. The SMILES string of the molecule is CN(C)C(=O)Oc1ccc(N([C@@](C)(C(=O)OC(C)(C)C)C(=O)C2CS(=O)(=O)CCN2)S(=O)(=O)c2ccc(F)c(F)c2)cc1. The molecule has 0 radical (unpaired) electrons. The van der Waals surface area contributed by atoms with Gasteiger partial charge in [0.05, 0.1) is 28.1 Å². The second-order valence-corrected chi connectivity index (χ2v) is 15.2. The highest BCUT2D eigenvalue weighted by Gasteiger charge is 2.57. The van der Waals surface area contributed by atoms with Gasteiger partial charge in [-0.2, -0.15) is 0 Å². The normalized spacial score (nSPS) is 18.2. The molecular weight excluding hydrogens is 612 g/mol. The van der Waals surface area contributed by atoms with Crippen LogP contribution >= 0.6 is 0 Å². The number of carbonyl (C=O) groups is 3. The van der Waals surface area contributed by atoms with Gasteiger partial charge >= 0.3 is 12.1 Å². The Morgan fingerprint density at radius 1 is 0.977 bits per heavy atom. The number of halogens is 2. The molecule has 2 aromatic rings. The number of sulfone groups is 1. The first kappa shape index (κ1) is 33.9. The van der Waals surface area contributed by atoms with Crippen LogP contribution in [0.2, 0.25) is 0 Å². The first-order valence-electron chi connectivity index (χ1n) is 12.9. The fourth-order valence-electron chi connectivity index (χ4n) is 4.18. The smallest absolute Gasteiger partial charge is 0.414 e. The summed E-state index contributed by atoms with van der Waals surface area (Å²) in [5.74, 6) is -6.44. The molecule has 3 rings (SSSR count). The van der Waals surface area contributed by atoms with Crippen molar-refractivity contribution >= 4 is 43.4 Å². The van der Waals surface area contributed by atoms with E-state index in [-0.39, 0.29) is 23.7 Å². The maximum atomic E-state index is 14.3. The summed E-state index contributed by atoms with van der Waals surface area (Å²) < 4.78 is 92.4. The summed E-state index contributed by atoms with van der Waals surface area (Å²) in [5.41, 5.74) is -4.37. The number of rotatable bonds is 8. The van der Waals surface area contributed by atoms with Gasteiger partial charge in [-0.25, -0.2) is 39.5 Å². The number of hydrogen-bond donors (Lipinski definition) is 1. The number of esters is 1. The molecule has 1 amide bonds. The molecule has 43 heavy (non-hydrogen) atoms. The zero-order valence-corrected chi connectivity index (χ0v) is 26.0. The molecule has 0 saturated carbocycles. The Morgan fingerprint density at radius 2 is 1.58 bits per heavy atom. The van der Waals surface area contributed by atoms with Gasteiger partial charge in [0.2, 0.25) is 5.54 Å². The van der Waals surface area contributed by atoms with Crippen molar-refractivity contribution in [2.75, 3.05) is 36.5 Å². The Bertz CT molecular complexity index is 1620. The first-order valence-corrected chi connectivity index (χ1v) is 16.2.